The van der Waals surface area contributed by atoms with Crippen molar-refractivity contribution in [1.29, 1.82) is 0 Å². The molecule has 0 atom stereocenters. The summed E-state index contributed by atoms with van der Waals surface area (Å²) >= 11 is 5.83. The van der Waals surface area contributed by atoms with Crippen LogP contribution in [-0.2, 0) is 0 Å². The molecule has 0 aliphatic heterocycles. The number of aromatic nitrogens is 1. The molecule has 0 aliphatic rings. The highest BCUT2D eigenvalue weighted by atomic mass is 35.5. The van der Waals surface area contributed by atoms with Crippen LogP contribution in [0.5, 0.6) is 0 Å². The molecule has 0 saturated carbocycles. The van der Waals surface area contributed by atoms with Crippen molar-refractivity contribution < 1.29 is 9.21 Å². The first-order valence-corrected chi connectivity index (χ1v) is 5.98. The lowest BCUT2D eigenvalue weighted by Gasteiger charge is -1.94. The maximum absolute atomic E-state index is 11.3. The Morgan fingerprint density at radius 1 is 1.16 bits per heavy atom. The molecule has 0 unspecified atom stereocenters. The van der Waals surface area contributed by atoms with Gasteiger partial charge in [0.2, 0.25) is 5.89 Å². The summed E-state index contributed by atoms with van der Waals surface area (Å²) in [5.41, 5.74) is 7.45. The highest BCUT2D eigenvalue weighted by Gasteiger charge is 2.13. The molecular weight excluding hydrogens is 264 g/mol. The number of benzene rings is 2. The number of nitrogens with zero attached hydrogens (tertiary/aromatic N) is 1. The molecule has 5 heteroatoms. The molecule has 0 aliphatic carbocycles. The lowest BCUT2D eigenvalue weighted by molar-refractivity contribution is 0.100. The molecule has 1 heterocycles. The van der Waals surface area contributed by atoms with Gasteiger partial charge in [-0.25, -0.2) is 4.98 Å². The molecule has 0 fully saturated rings. The van der Waals surface area contributed by atoms with E-state index in [1.807, 2.05) is 0 Å². The predicted octanol–water partition coefficient (Wildman–Crippen LogP) is 3.25. The lowest BCUT2D eigenvalue weighted by Crippen LogP contribution is -2.11. The lowest BCUT2D eigenvalue weighted by atomic mass is 10.2. The second kappa shape index (κ2) is 4.40. The fourth-order valence-corrected chi connectivity index (χ4v) is 1.99. The molecule has 0 radical (unpaired) electrons. The minimum absolute atomic E-state index is 0.349. The van der Waals surface area contributed by atoms with Crippen molar-refractivity contribution in [3.63, 3.8) is 0 Å². The summed E-state index contributed by atoms with van der Waals surface area (Å²) in [5.74, 6) is -0.0954. The third-order valence-electron chi connectivity index (χ3n) is 2.78. The standard InChI is InChI=1S/C14H9ClN2O2/c15-9-6-4-8(5-7-9)14-17-12-10(13(16)18)2-1-3-11(12)19-14/h1-7H,(H2,16,18). The second-order valence-corrected chi connectivity index (χ2v) is 4.48. The van der Waals surface area contributed by atoms with Gasteiger partial charge in [0.15, 0.2) is 5.58 Å². The van der Waals surface area contributed by atoms with Crippen molar-refractivity contribution in [1.82, 2.24) is 4.98 Å². The summed E-state index contributed by atoms with van der Waals surface area (Å²) in [6, 6.07) is 12.2. The first-order chi connectivity index (χ1) is 9.15. The molecule has 3 aromatic rings. The normalized spacial score (nSPS) is 10.8. The van der Waals surface area contributed by atoms with Crippen molar-refractivity contribution in [3.05, 3.63) is 53.1 Å². The van der Waals surface area contributed by atoms with Gasteiger partial charge in [-0.2, -0.15) is 0 Å². The maximum Gasteiger partial charge on any atom is 0.251 e. The van der Waals surface area contributed by atoms with Crippen molar-refractivity contribution >= 4 is 28.6 Å². The number of para-hydroxylation sites is 1. The van der Waals surface area contributed by atoms with Crippen LogP contribution in [0.25, 0.3) is 22.6 Å². The molecule has 94 valence electrons. The van der Waals surface area contributed by atoms with Gasteiger partial charge in [0.05, 0.1) is 5.56 Å². The van der Waals surface area contributed by atoms with E-state index in [1.54, 1.807) is 42.5 Å². The first-order valence-electron chi connectivity index (χ1n) is 5.60. The molecule has 1 aromatic heterocycles. The number of halogens is 1. The Morgan fingerprint density at radius 3 is 2.58 bits per heavy atom. The number of hydrogen-bond acceptors (Lipinski definition) is 3. The molecule has 3 rings (SSSR count). The Labute approximate surface area is 113 Å². The van der Waals surface area contributed by atoms with Gasteiger partial charge < -0.3 is 10.2 Å². The number of nitrogens with two attached hydrogens (primary N) is 1. The Kier molecular flexibility index (Phi) is 2.72. The summed E-state index contributed by atoms with van der Waals surface area (Å²) in [6.45, 7) is 0. The van der Waals surface area contributed by atoms with Crippen LogP contribution in [0.1, 0.15) is 10.4 Å². The average molecular weight is 273 g/mol. The number of rotatable bonds is 2. The van der Waals surface area contributed by atoms with E-state index in [2.05, 4.69) is 4.98 Å². The fourth-order valence-electron chi connectivity index (χ4n) is 1.86. The van der Waals surface area contributed by atoms with Crippen LogP contribution in [0.4, 0.5) is 0 Å². The molecule has 0 saturated heterocycles. The zero-order valence-electron chi connectivity index (χ0n) is 9.76. The molecule has 2 aromatic carbocycles. The SMILES string of the molecule is NC(=O)c1cccc2oc(-c3ccc(Cl)cc3)nc12. The number of oxazole rings is 1. The quantitative estimate of drug-likeness (QED) is 0.778. The third kappa shape index (κ3) is 2.06. The van der Waals surface area contributed by atoms with Gasteiger partial charge in [-0.1, -0.05) is 17.7 Å². The van der Waals surface area contributed by atoms with Gasteiger partial charge in [-0.3, -0.25) is 4.79 Å². The number of amides is 1. The van der Waals surface area contributed by atoms with Crippen LogP contribution >= 0.6 is 11.6 Å². The summed E-state index contributed by atoms with van der Waals surface area (Å²) in [4.78, 5) is 15.7. The van der Waals surface area contributed by atoms with Crippen molar-refractivity contribution in [2.75, 3.05) is 0 Å². The largest absolute Gasteiger partial charge is 0.436 e. The molecule has 1 amide bonds. The van der Waals surface area contributed by atoms with Crippen LogP contribution < -0.4 is 5.73 Å². The Balaban J connectivity index is 2.19. The molecule has 0 spiro atoms. The third-order valence-corrected chi connectivity index (χ3v) is 3.03. The van der Waals surface area contributed by atoms with Crippen LogP contribution in [0, 0.1) is 0 Å². The second-order valence-electron chi connectivity index (χ2n) is 4.04. The van der Waals surface area contributed by atoms with E-state index in [4.69, 9.17) is 21.8 Å². The van der Waals surface area contributed by atoms with E-state index < -0.39 is 5.91 Å². The predicted molar refractivity (Wildman–Crippen MR) is 73.0 cm³/mol. The number of carbonyl (C=O) groups is 1. The van der Waals surface area contributed by atoms with Crippen molar-refractivity contribution in [2.45, 2.75) is 0 Å². The van der Waals surface area contributed by atoms with E-state index in [1.165, 1.54) is 0 Å². The Bertz CT molecular complexity index is 763. The van der Waals surface area contributed by atoms with E-state index in [-0.39, 0.29) is 0 Å². The average Bonchev–Trinajstić information content (AvgIpc) is 2.82. The minimum atomic E-state index is -0.526. The van der Waals surface area contributed by atoms with E-state index >= 15 is 0 Å². The number of carbonyl (C=O) groups excluding carboxylic acids is 1. The van der Waals surface area contributed by atoms with Gasteiger partial charge in [0.1, 0.15) is 5.52 Å². The molecule has 0 bridgehead atoms. The monoisotopic (exact) mass is 272 g/mol. The summed E-state index contributed by atoms with van der Waals surface area (Å²) in [7, 11) is 0. The smallest absolute Gasteiger partial charge is 0.251 e. The Hall–Kier alpha value is -2.33. The Morgan fingerprint density at radius 2 is 1.89 bits per heavy atom. The number of hydrogen-bond donors (Lipinski definition) is 1. The van der Waals surface area contributed by atoms with E-state index in [9.17, 15) is 4.79 Å². The zero-order valence-corrected chi connectivity index (χ0v) is 10.5. The van der Waals surface area contributed by atoms with Crippen molar-refractivity contribution in [2.24, 2.45) is 5.73 Å². The van der Waals surface area contributed by atoms with Gasteiger partial charge in [0.25, 0.3) is 5.91 Å². The summed E-state index contributed by atoms with van der Waals surface area (Å²) in [5, 5.41) is 0.637. The van der Waals surface area contributed by atoms with Gasteiger partial charge in [-0.15, -0.1) is 0 Å². The van der Waals surface area contributed by atoms with Gasteiger partial charge in [0, 0.05) is 10.6 Å². The highest BCUT2D eigenvalue weighted by Crippen LogP contribution is 2.26. The van der Waals surface area contributed by atoms with Gasteiger partial charge in [-0.05, 0) is 36.4 Å². The maximum atomic E-state index is 11.3. The van der Waals surface area contributed by atoms with Crippen LogP contribution in [-0.4, -0.2) is 10.9 Å². The molecular formula is C14H9ClN2O2. The highest BCUT2D eigenvalue weighted by molar-refractivity contribution is 6.30. The van der Waals surface area contributed by atoms with Crippen LogP contribution in [0.3, 0.4) is 0 Å². The van der Waals surface area contributed by atoms with Crippen molar-refractivity contribution in [3.8, 4) is 11.5 Å². The van der Waals surface area contributed by atoms with Crippen LogP contribution in [0.2, 0.25) is 5.02 Å². The zero-order chi connectivity index (χ0) is 13.4. The first kappa shape index (κ1) is 11.7. The van der Waals surface area contributed by atoms with Gasteiger partial charge >= 0.3 is 0 Å². The van der Waals surface area contributed by atoms with Crippen LogP contribution in [0.15, 0.2) is 46.9 Å². The minimum Gasteiger partial charge on any atom is -0.436 e. The topological polar surface area (TPSA) is 69.1 Å². The summed E-state index contributed by atoms with van der Waals surface area (Å²) < 4.78 is 5.62. The number of primary amides is 1. The molecule has 4 nitrogen and oxygen atoms in total. The molecule has 19 heavy (non-hydrogen) atoms. The molecule has 2 N–H and O–H groups in total. The fraction of sp³-hybridized carbons (Fsp3) is 0. The van der Waals surface area contributed by atoms with E-state index in [0.29, 0.717) is 27.6 Å². The summed E-state index contributed by atoms with van der Waals surface area (Å²) in [6.07, 6.45) is 0. The van der Waals surface area contributed by atoms with E-state index in [0.717, 1.165) is 5.56 Å². The number of fused-ring (bicyclic) bond motifs is 1.